The molecule has 114 valence electrons. The van der Waals surface area contributed by atoms with E-state index in [9.17, 15) is 4.79 Å². The van der Waals surface area contributed by atoms with E-state index in [1.165, 1.54) is 12.0 Å². The number of aryl methyl sites for hydroxylation is 1. The van der Waals surface area contributed by atoms with Crippen molar-refractivity contribution in [2.45, 2.75) is 44.6 Å². The zero-order chi connectivity index (χ0) is 14.5. The molecule has 0 spiro atoms. The Labute approximate surface area is 126 Å². The molecule has 0 aromatic carbocycles. The summed E-state index contributed by atoms with van der Waals surface area (Å²) in [6, 6.07) is 4.60. The van der Waals surface area contributed by atoms with Gasteiger partial charge in [0.25, 0.3) is 0 Å². The Kier molecular flexibility index (Phi) is 4.86. The standard InChI is InChI=1S/C17H25N3O/c21-17(15-7-11-19-12-8-15)20-13-1-2-16(20)4-3-14-5-9-18-10-6-14/h5-6,9-10,15-16,19H,1-4,7-8,11-13H2/t16-/m0/s1. The summed E-state index contributed by atoms with van der Waals surface area (Å²) < 4.78 is 0. The van der Waals surface area contributed by atoms with Crippen LogP contribution in [0.1, 0.15) is 37.7 Å². The normalized spacial score (nSPS) is 23.4. The predicted molar refractivity (Wildman–Crippen MR) is 82.9 cm³/mol. The van der Waals surface area contributed by atoms with Crippen LogP contribution < -0.4 is 5.32 Å². The highest BCUT2D eigenvalue weighted by Crippen LogP contribution is 2.26. The lowest BCUT2D eigenvalue weighted by Gasteiger charge is -2.31. The summed E-state index contributed by atoms with van der Waals surface area (Å²) in [5.41, 5.74) is 1.33. The maximum atomic E-state index is 12.7. The van der Waals surface area contributed by atoms with Crippen LogP contribution in [0.15, 0.2) is 24.5 Å². The number of amides is 1. The quantitative estimate of drug-likeness (QED) is 0.921. The Hall–Kier alpha value is -1.42. The van der Waals surface area contributed by atoms with Gasteiger partial charge in [-0.1, -0.05) is 0 Å². The number of rotatable bonds is 4. The molecular formula is C17H25N3O. The van der Waals surface area contributed by atoms with Gasteiger partial charge in [0.05, 0.1) is 0 Å². The van der Waals surface area contributed by atoms with E-state index >= 15 is 0 Å². The first-order valence-corrected chi connectivity index (χ1v) is 8.24. The Morgan fingerprint density at radius 2 is 2.00 bits per heavy atom. The molecule has 3 rings (SSSR count). The van der Waals surface area contributed by atoms with Crippen LogP contribution in [-0.4, -0.2) is 41.5 Å². The molecule has 0 unspecified atom stereocenters. The molecule has 2 aliphatic heterocycles. The first-order valence-electron chi connectivity index (χ1n) is 8.24. The number of carbonyl (C=O) groups is 1. The number of pyridine rings is 1. The van der Waals surface area contributed by atoms with Crippen molar-refractivity contribution in [3.63, 3.8) is 0 Å². The van der Waals surface area contributed by atoms with Gasteiger partial charge in [0.15, 0.2) is 0 Å². The van der Waals surface area contributed by atoms with Crippen molar-refractivity contribution in [2.75, 3.05) is 19.6 Å². The van der Waals surface area contributed by atoms with E-state index in [-0.39, 0.29) is 5.92 Å². The Morgan fingerprint density at radius 1 is 1.24 bits per heavy atom. The molecule has 0 bridgehead atoms. The first-order chi connectivity index (χ1) is 10.3. The average Bonchev–Trinajstić information content (AvgIpc) is 3.02. The number of carbonyl (C=O) groups excluding carboxylic acids is 1. The molecule has 1 N–H and O–H groups in total. The van der Waals surface area contributed by atoms with Crippen molar-refractivity contribution in [2.24, 2.45) is 5.92 Å². The van der Waals surface area contributed by atoms with Crippen LogP contribution >= 0.6 is 0 Å². The lowest BCUT2D eigenvalue weighted by Crippen LogP contribution is -2.43. The van der Waals surface area contributed by atoms with E-state index in [0.717, 1.165) is 51.7 Å². The molecule has 4 nitrogen and oxygen atoms in total. The number of aromatic nitrogens is 1. The molecule has 3 heterocycles. The SMILES string of the molecule is O=C(C1CCNCC1)N1CCC[C@H]1CCc1ccncc1. The van der Waals surface area contributed by atoms with Gasteiger partial charge in [-0.3, -0.25) is 9.78 Å². The summed E-state index contributed by atoms with van der Waals surface area (Å²) in [5, 5.41) is 3.34. The van der Waals surface area contributed by atoms with Crippen LogP contribution in [0.4, 0.5) is 0 Å². The molecule has 0 aliphatic carbocycles. The Balaban J connectivity index is 1.56. The van der Waals surface area contributed by atoms with Gasteiger partial charge in [0.1, 0.15) is 0 Å². The van der Waals surface area contributed by atoms with Crippen molar-refractivity contribution in [1.29, 1.82) is 0 Å². The molecule has 2 saturated heterocycles. The maximum absolute atomic E-state index is 12.7. The lowest BCUT2D eigenvalue weighted by atomic mass is 9.95. The molecule has 1 aromatic rings. The van der Waals surface area contributed by atoms with Crippen molar-refractivity contribution in [3.8, 4) is 0 Å². The van der Waals surface area contributed by atoms with E-state index in [1.54, 1.807) is 0 Å². The number of nitrogens with one attached hydrogen (secondary N) is 1. The molecule has 0 radical (unpaired) electrons. The van der Waals surface area contributed by atoms with Crippen LogP contribution in [0.3, 0.4) is 0 Å². The van der Waals surface area contributed by atoms with Crippen LogP contribution in [0.2, 0.25) is 0 Å². The zero-order valence-electron chi connectivity index (χ0n) is 12.6. The fraction of sp³-hybridized carbons (Fsp3) is 0.647. The number of nitrogens with zero attached hydrogens (tertiary/aromatic N) is 2. The molecule has 2 aliphatic rings. The highest BCUT2D eigenvalue weighted by molar-refractivity contribution is 5.79. The molecule has 21 heavy (non-hydrogen) atoms. The lowest BCUT2D eigenvalue weighted by molar-refractivity contribution is -0.137. The number of likely N-dealkylation sites (tertiary alicyclic amines) is 1. The largest absolute Gasteiger partial charge is 0.339 e. The maximum Gasteiger partial charge on any atom is 0.226 e. The summed E-state index contributed by atoms with van der Waals surface area (Å²) in [4.78, 5) is 18.9. The number of hydrogen-bond donors (Lipinski definition) is 1. The highest BCUT2D eigenvalue weighted by Gasteiger charge is 2.33. The van der Waals surface area contributed by atoms with Gasteiger partial charge < -0.3 is 10.2 Å². The summed E-state index contributed by atoms with van der Waals surface area (Å²) in [6.07, 6.45) is 10.2. The zero-order valence-corrected chi connectivity index (χ0v) is 12.6. The highest BCUT2D eigenvalue weighted by atomic mass is 16.2. The van der Waals surface area contributed by atoms with Crippen molar-refractivity contribution in [3.05, 3.63) is 30.1 Å². The van der Waals surface area contributed by atoms with Gasteiger partial charge in [0.2, 0.25) is 5.91 Å². The summed E-state index contributed by atoms with van der Waals surface area (Å²) in [6.45, 7) is 2.95. The Bertz CT molecular complexity index is 456. The van der Waals surface area contributed by atoms with Crippen LogP contribution in [0.5, 0.6) is 0 Å². The molecule has 4 heteroatoms. The monoisotopic (exact) mass is 287 g/mol. The van der Waals surface area contributed by atoms with Crippen LogP contribution in [-0.2, 0) is 11.2 Å². The molecule has 2 fully saturated rings. The summed E-state index contributed by atoms with van der Waals surface area (Å²) >= 11 is 0. The molecular weight excluding hydrogens is 262 g/mol. The summed E-state index contributed by atoms with van der Waals surface area (Å²) in [7, 11) is 0. The van der Waals surface area contributed by atoms with E-state index in [0.29, 0.717) is 11.9 Å². The van der Waals surface area contributed by atoms with E-state index in [4.69, 9.17) is 0 Å². The van der Waals surface area contributed by atoms with Gasteiger partial charge in [-0.2, -0.15) is 0 Å². The molecule has 1 amide bonds. The fourth-order valence-electron chi connectivity index (χ4n) is 3.61. The summed E-state index contributed by atoms with van der Waals surface area (Å²) in [5.74, 6) is 0.668. The molecule has 0 saturated carbocycles. The van der Waals surface area contributed by atoms with Crippen molar-refractivity contribution >= 4 is 5.91 Å². The first kappa shape index (κ1) is 14.5. The third kappa shape index (κ3) is 3.62. The smallest absolute Gasteiger partial charge is 0.226 e. The van der Waals surface area contributed by atoms with Gasteiger partial charge in [0, 0.05) is 30.9 Å². The topological polar surface area (TPSA) is 45.2 Å². The minimum absolute atomic E-state index is 0.257. The van der Waals surface area contributed by atoms with E-state index in [1.807, 2.05) is 12.4 Å². The number of piperidine rings is 1. The second-order valence-corrected chi connectivity index (χ2v) is 6.25. The van der Waals surface area contributed by atoms with E-state index < -0.39 is 0 Å². The number of hydrogen-bond acceptors (Lipinski definition) is 3. The third-order valence-electron chi connectivity index (χ3n) is 4.86. The van der Waals surface area contributed by atoms with E-state index in [2.05, 4.69) is 27.3 Å². The van der Waals surface area contributed by atoms with Crippen molar-refractivity contribution in [1.82, 2.24) is 15.2 Å². The molecule has 1 aromatic heterocycles. The van der Waals surface area contributed by atoms with Gasteiger partial charge in [-0.15, -0.1) is 0 Å². The second-order valence-electron chi connectivity index (χ2n) is 6.25. The minimum Gasteiger partial charge on any atom is -0.339 e. The second kappa shape index (κ2) is 7.03. The third-order valence-corrected chi connectivity index (χ3v) is 4.86. The van der Waals surface area contributed by atoms with Crippen molar-refractivity contribution < 1.29 is 4.79 Å². The minimum atomic E-state index is 0.257. The van der Waals surface area contributed by atoms with Gasteiger partial charge >= 0.3 is 0 Å². The van der Waals surface area contributed by atoms with Crippen LogP contribution in [0, 0.1) is 5.92 Å². The van der Waals surface area contributed by atoms with Gasteiger partial charge in [-0.25, -0.2) is 0 Å². The van der Waals surface area contributed by atoms with Crippen LogP contribution in [0.25, 0.3) is 0 Å². The predicted octanol–water partition coefficient (Wildman–Crippen LogP) is 2.00. The Morgan fingerprint density at radius 3 is 2.76 bits per heavy atom. The molecule has 1 atom stereocenters. The van der Waals surface area contributed by atoms with Gasteiger partial charge in [-0.05, 0) is 69.3 Å². The average molecular weight is 287 g/mol. The fourth-order valence-corrected chi connectivity index (χ4v) is 3.61.